The maximum Gasteiger partial charge on any atom is 0.276 e. The molecule has 4 rings (SSSR count). The zero-order valence-corrected chi connectivity index (χ0v) is 13.5. The van der Waals surface area contributed by atoms with Gasteiger partial charge in [0.05, 0.1) is 11.4 Å². The lowest BCUT2D eigenvalue weighted by Crippen LogP contribution is -2.16. The molecule has 24 heavy (non-hydrogen) atoms. The van der Waals surface area contributed by atoms with Crippen LogP contribution in [0.4, 0.5) is 15.8 Å². The van der Waals surface area contributed by atoms with Gasteiger partial charge in [0.25, 0.3) is 11.8 Å². The van der Waals surface area contributed by atoms with Crippen molar-refractivity contribution in [2.24, 2.45) is 10.2 Å². The summed E-state index contributed by atoms with van der Waals surface area (Å²) in [5.74, 6) is -1.39. The van der Waals surface area contributed by atoms with E-state index in [2.05, 4.69) is 36.8 Å². The minimum Gasteiger partial charge on any atom is -0.320 e. The van der Waals surface area contributed by atoms with Gasteiger partial charge in [-0.1, -0.05) is 15.9 Å². The quantitative estimate of drug-likeness (QED) is 0.738. The van der Waals surface area contributed by atoms with Gasteiger partial charge in [0, 0.05) is 15.6 Å². The molecule has 2 heterocycles. The van der Waals surface area contributed by atoms with Crippen LogP contribution in [0.25, 0.3) is 0 Å². The molecule has 6 nitrogen and oxygen atoms in total. The normalized spacial score (nSPS) is 18.6. The molecule has 0 aliphatic carbocycles. The monoisotopic (exact) mass is 386 g/mol. The molecule has 2 N–H and O–H groups in total. The van der Waals surface area contributed by atoms with Gasteiger partial charge in [0.1, 0.15) is 5.82 Å². The van der Waals surface area contributed by atoms with Crippen molar-refractivity contribution < 1.29 is 14.0 Å². The van der Waals surface area contributed by atoms with Crippen molar-refractivity contribution in [2.45, 2.75) is 0 Å². The number of carbonyl (C=O) groups is 2. The minimum absolute atomic E-state index is 0.0340. The van der Waals surface area contributed by atoms with Crippen LogP contribution in [0.2, 0.25) is 0 Å². The van der Waals surface area contributed by atoms with Gasteiger partial charge >= 0.3 is 0 Å². The van der Waals surface area contributed by atoms with Gasteiger partial charge in [-0.3, -0.25) is 9.59 Å². The van der Waals surface area contributed by atoms with Crippen LogP contribution in [-0.4, -0.2) is 23.2 Å². The van der Waals surface area contributed by atoms with Gasteiger partial charge in [-0.2, -0.15) is 0 Å². The molecule has 2 aromatic rings. The number of fused-ring (bicyclic) bond motifs is 2. The third kappa shape index (κ3) is 2.31. The summed E-state index contributed by atoms with van der Waals surface area (Å²) in [7, 11) is 0. The van der Waals surface area contributed by atoms with Crippen molar-refractivity contribution in [3.05, 3.63) is 57.8 Å². The van der Waals surface area contributed by atoms with Crippen LogP contribution < -0.4 is 10.6 Å². The highest BCUT2D eigenvalue weighted by Gasteiger charge is 2.29. The van der Waals surface area contributed by atoms with E-state index >= 15 is 0 Å². The van der Waals surface area contributed by atoms with Gasteiger partial charge in [-0.05, 0) is 36.4 Å². The molecule has 8 heteroatoms. The van der Waals surface area contributed by atoms with Gasteiger partial charge in [-0.15, -0.1) is 10.2 Å². The van der Waals surface area contributed by atoms with Crippen LogP contribution in [0.1, 0.15) is 11.1 Å². The summed E-state index contributed by atoms with van der Waals surface area (Å²) >= 11 is 3.33. The molecule has 0 atom stereocenters. The summed E-state index contributed by atoms with van der Waals surface area (Å²) in [5, 5.41) is 13.1. The summed E-state index contributed by atoms with van der Waals surface area (Å²) in [6.45, 7) is 0. The molecule has 0 radical (unpaired) electrons. The largest absolute Gasteiger partial charge is 0.320 e. The number of hydrogen-bond donors (Lipinski definition) is 2. The van der Waals surface area contributed by atoms with E-state index in [1.165, 1.54) is 18.2 Å². The van der Waals surface area contributed by atoms with E-state index in [0.29, 0.717) is 22.5 Å². The first-order chi connectivity index (χ1) is 11.5. The third-order valence-corrected chi connectivity index (χ3v) is 4.14. The number of rotatable bonds is 1. The molecular weight excluding hydrogens is 379 g/mol. The molecule has 118 valence electrons. The minimum atomic E-state index is -0.493. The van der Waals surface area contributed by atoms with E-state index in [4.69, 9.17) is 0 Å². The summed E-state index contributed by atoms with van der Waals surface area (Å²) < 4.78 is 14.2. The Morgan fingerprint density at radius 2 is 1.38 bits per heavy atom. The average molecular weight is 387 g/mol. The Labute approximate surface area is 143 Å². The lowest BCUT2D eigenvalue weighted by atomic mass is 10.1. The third-order valence-electron chi connectivity index (χ3n) is 3.65. The second-order valence-electron chi connectivity index (χ2n) is 5.19. The summed E-state index contributed by atoms with van der Waals surface area (Å²) in [6.07, 6.45) is 0. The van der Waals surface area contributed by atoms with Crippen molar-refractivity contribution in [1.82, 2.24) is 0 Å². The van der Waals surface area contributed by atoms with Gasteiger partial charge in [0.2, 0.25) is 0 Å². The summed E-state index contributed by atoms with van der Waals surface area (Å²) in [5.41, 5.74) is 2.03. The summed E-state index contributed by atoms with van der Waals surface area (Å²) in [4.78, 5) is 24.0. The van der Waals surface area contributed by atoms with Gasteiger partial charge in [-0.25, -0.2) is 4.39 Å². The fraction of sp³-hybridized carbons (Fsp3) is 0. The Morgan fingerprint density at radius 3 is 2.00 bits per heavy atom. The maximum atomic E-state index is 13.4. The Morgan fingerprint density at radius 1 is 0.833 bits per heavy atom. The van der Waals surface area contributed by atoms with Crippen molar-refractivity contribution in [3.8, 4) is 0 Å². The summed E-state index contributed by atoms with van der Waals surface area (Å²) in [6, 6.07) is 9.15. The highest BCUT2D eigenvalue weighted by Crippen LogP contribution is 2.28. The molecule has 0 saturated heterocycles. The van der Waals surface area contributed by atoms with Crippen molar-refractivity contribution in [1.29, 1.82) is 0 Å². The molecule has 0 fully saturated rings. The Balaban J connectivity index is 1.80. The molecule has 0 spiro atoms. The van der Waals surface area contributed by atoms with Crippen LogP contribution in [0, 0.1) is 5.82 Å². The van der Waals surface area contributed by atoms with Gasteiger partial charge in [0.15, 0.2) is 11.4 Å². The lowest BCUT2D eigenvalue weighted by molar-refractivity contribution is -0.111. The van der Waals surface area contributed by atoms with Crippen molar-refractivity contribution in [2.75, 3.05) is 10.6 Å². The smallest absolute Gasteiger partial charge is 0.276 e. The Hall–Kier alpha value is -2.87. The SMILES string of the molecule is O=C1Nc2ccc(F)cc2/C1=N/N=C1\C(=O)Nc2ccc(Br)cc21. The van der Waals surface area contributed by atoms with E-state index in [1.54, 1.807) is 18.2 Å². The second kappa shape index (κ2) is 5.34. The second-order valence-corrected chi connectivity index (χ2v) is 6.10. The fourth-order valence-electron chi connectivity index (χ4n) is 2.55. The Kier molecular flexibility index (Phi) is 3.27. The van der Waals surface area contributed by atoms with Crippen molar-refractivity contribution >= 4 is 50.5 Å². The van der Waals surface area contributed by atoms with Crippen molar-refractivity contribution in [3.63, 3.8) is 0 Å². The average Bonchev–Trinajstić information content (AvgIpc) is 3.01. The number of amides is 2. The van der Waals surface area contributed by atoms with Gasteiger partial charge < -0.3 is 10.6 Å². The van der Waals surface area contributed by atoms with E-state index < -0.39 is 17.6 Å². The number of nitrogens with zero attached hydrogens (tertiary/aromatic N) is 2. The van der Waals surface area contributed by atoms with E-state index in [0.717, 1.165) is 4.47 Å². The van der Waals surface area contributed by atoms with E-state index in [-0.39, 0.29) is 11.4 Å². The van der Waals surface area contributed by atoms with E-state index in [1.807, 2.05) is 0 Å². The topological polar surface area (TPSA) is 82.9 Å². The molecule has 2 aliphatic rings. The van der Waals surface area contributed by atoms with Crippen LogP contribution in [0.15, 0.2) is 51.1 Å². The predicted molar refractivity (Wildman–Crippen MR) is 90.9 cm³/mol. The predicted octanol–water partition coefficient (Wildman–Crippen LogP) is 2.69. The zero-order chi connectivity index (χ0) is 16.8. The maximum absolute atomic E-state index is 13.4. The number of hydrogen-bond acceptors (Lipinski definition) is 4. The molecule has 2 aliphatic heterocycles. The highest BCUT2D eigenvalue weighted by molar-refractivity contribution is 9.10. The number of carbonyl (C=O) groups excluding carboxylic acids is 2. The number of nitrogens with one attached hydrogen (secondary N) is 2. The number of anilines is 2. The first kappa shape index (κ1) is 14.7. The van der Waals surface area contributed by atoms with Crippen LogP contribution >= 0.6 is 15.9 Å². The van der Waals surface area contributed by atoms with E-state index in [9.17, 15) is 14.0 Å². The number of benzene rings is 2. The highest BCUT2D eigenvalue weighted by atomic mass is 79.9. The fourth-order valence-corrected chi connectivity index (χ4v) is 2.91. The molecule has 0 unspecified atom stereocenters. The molecule has 0 bridgehead atoms. The molecular formula is C16H8BrFN4O2. The van der Waals surface area contributed by atoms with Crippen LogP contribution in [-0.2, 0) is 9.59 Å². The first-order valence-electron chi connectivity index (χ1n) is 6.91. The molecule has 0 aromatic heterocycles. The standard InChI is InChI=1S/C16H8BrFN4O2/c17-7-1-3-11-9(5-7)13(15(23)19-11)21-22-14-10-6-8(18)2-4-12(10)20-16(14)24/h1-6H,(H,19,21,23)(H,20,22,24). The van der Waals surface area contributed by atoms with Crippen LogP contribution in [0.5, 0.6) is 0 Å². The lowest BCUT2D eigenvalue weighted by Gasteiger charge is -1.98. The number of halogens is 2. The molecule has 2 amide bonds. The Bertz CT molecular complexity index is 905. The van der Waals surface area contributed by atoms with Crippen LogP contribution in [0.3, 0.4) is 0 Å². The molecule has 2 aromatic carbocycles. The first-order valence-corrected chi connectivity index (χ1v) is 7.70. The molecule has 0 saturated carbocycles. The zero-order valence-electron chi connectivity index (χ0n) is 11.9.